The van der Waals surface area contributed by atoms with E-state index in [0.29, 0.717) is 19.4 Å². The lowest BCUT2D eigenvalue weighted by molar-refractivity contribution is -0.198. The molecule has 186 valence electrons. The number of aliphatic hydroxyl groups is 1. The molecule has 7 atom stereocenters. The van der Waals surface area contributed by atoms with Gasteiger partial charge >= 0.3 is 5.97 Å². The predicted molar refractivity (Wildman–Crippen MR) is 135 cm³/mol. The quantitative estimate of drug-likeness (QED) is 0.184. The smallest absolute Gasteiger partial charge is 0.306 e. The number of esters is 1. The van der Waals surface area contributed by atoms with Crippen molar-refractivity contribution in [1.82, 2.24) is 0 Å². The highest BCUT2D eigenvalue weighted by molar-refractivity contribution is 14.1. The maximum Gasteiger partial charge on any atom is 0.306 e. The van der Waals surface area contributed by atoms with Crippen molar-refractivity contribution >= 4 is 36.9 Å². The van der Waals surface area contributed by atoms with Gasteiger partial charge in [0.25, 0.3) is 0 Å². The first-order valence-corrected chi connectivity index (χ1v) is 16.6. The van der Waals surface area contributed by atoms with Crippen LogP contribution in [0.3, 0.4) is 0 Å². The van der Waals surface area contributed by atoms with Crippen molar-refractivity contribution in [3.63, 3.8) is 0 Å². The summed E-state index contributed by atoms with van der Waals surface area (Å²) in [7, 11) is -1.93. The van der Waals surface area contributed by atoms with Crippen LogP contribution in [0, 0.1) is 11.8 Å². The van der Waals surface area contributed by atoms with Gasteiger partial charge in [-0.05, 0) is 62.6 Å². The molecule has 0 aromatic carbocycles. The van der Waals surface area contributed by atoms with E-state index < -0.39 is 14.4 Å². The Morgan fingerprint density at radius 3 is 2.56 bits per heavy atom. The molecule has 2 unspecified atom stereocenters. The van der Waals surface area contributed by atoms with Gasteiger partial charge in [-0.1, -0.05) is 43.4 Å². The fourth-order valence-electron chi connectivity index (χ4n) is 4.80. The summed E-state index contributed by atoms with van der Waals surface area (Å²) >= 11 is 2.41. The lowest BCUT2D eigenvalue weighted by Gasteiger charge is -2.39. The molecule has 6 nitrogen and oxygen atoms in total. The van der Waals surface area contributed by atoms with E-state index in [4.69, 9.17) is 18.6 Å². The van der Waals surface area contributed by atoms with E-state index in [1.165, 1.54) is 0 Å². The van der Waals surface area contributed by atoms with E-state index in [9.17, 15) is 9.90 Å². The van der Waals surface area contributed by atoms with Gasteiger partial charge in [-0.25, -0.2) is 0 Å². The lowest BCUT2D eigenvalue weighted by atomic mass is 9.88. The average molecular weight is 583 g/mol. The van der Waals surface area contributed by atoms with E-state index in [-0.39, 0.29) is 45.3 Å². The van der Waals surface area contributed by atoms with Gasteiger partial charge in [0.05, 0.1) is 12.2 Å². The van der Waals surface area contributed by atoms with Gasteiger partial charge in [-0.2, -0.15) is 0 Å². The summed E-state index contributed by atoms with van der Waals surface area (Å²) in [5, 5.41) is 11.2. The number of ether oxygens (including phenoxy) is 3. The molecule has 2 saturated heterocycles. The minimum atomic E-state index is -1.93. The zero-order chi connectivity index (χ0) is 23.5. The molecule has 0 amide bonds. The van der Waals surface area contributed by atoms with Crippen molar-refractivity contribution in [1.29, 1.82) is 0 Å². The summed E-state index contributed by atoms with van der Waals surface area (Å²) in [4.78, 5) is 11.8. The van der Waals surface area contributed by atoms with Gasteiger partial charge in [0.2, 0.25) is 0 Å². The fraction of sp³-hybridized carbons (Fsp3) is 0.958. The summed E-state index contributed by atoms with van der Waals surface area (Å²) in [6, 6.07) is 0. The van der Waals surface area contributed by atoms with Crippen LogP contribution in [0.1, 0.15) is 72.1 Å². The molecule has 32 heavy (non-hydrogen) atoms. The molecule has 2 aliphatic heterocycles. The molecule has 0 spiro atoms. The molecule has 1 N–H and O–H groups in total. The third kappa shape index (κ3) is 6.90. The van der Waals surface area contributed by atoms with Crippen molar-refractivity contribution in [3.05, 3.63) is 0 Å². The molecule has 3 rings (SSSR count). The van der Waals surface area contributed by atoms with Crippen LogP contribution < -0.4 is 0 Å². The van der Waals surface area contributed by atoms with Crippen molar-refractivity contribution in [2.75, 3.05) is 13.2 Å². The largest absolute Gasteiger partial charge is 0.461 e. The van der Waals surface area contributed by atoms with Crippen LogP contribution in [0.2, 0.25) is 18.1 Å². The number of carbonyl (C=O) groups excluding carboxylic acids is 1. The highest BCUT2D eigenvalue weighted by Crippen LogP contribution is 2.43. The maximum absolute atomic E-state index is 11.8. The summed E-state index contributed by atoms with van der Waals surface area (Å²) in [6.45, 7) is 12.7. The monoisotopic (exact) mass is 582 g/mol. The number of hydrogen-bond acceptors (Lipinski definition) is 6. The molecular formula is C24H43IO6Si. The number of halogens is 1. The third-order valence-electron chi connectivity index (χ3n) is 7.96. The van der Waals surface area contributed by atoms with Gasteiger partial charge in [0, 0.05) is 35.9 Å². The van der Waals surface area contributed by atoms with E-state index in [1.807, 2.05) is 0 Å². The van der Waals surface area contributed by atoms with Crippen molar-refractivity contribution in [2.24, 2.45) is 11.8 Å². The van der Waals surface area contributed by atoms with Crippen LogP contribution in [-0.4, -0.2) is 61.1 Å². The van der Waals surface area contributed by atoms with Crippen LogP contribution >= 0.6 is 22.6 Å². The molecule has 0 bridgehead atoms. The van der Waals surface area contributed by atoms with Gasteiger partial charge in [0.1, 0.15) is 6.10 Å². The Labute approximate surface area is 208 Å². The van der Waals surface area contributed by atoms with E-state index in [1.54, 1.807) is 0 Å². The van der Waals surface area contributed by atoms with Crippen LogP contribution in [-0.2, 0) is 23.4 Å². The average Bonchev–Trinajstić information content (AvgIpc) is 3.00. The second-order valence-electron chi connectivity index (χ2n) is 11.3. The molecule has 0 aromatic rings. The third-order valence-corrected chi connectivity index (χ3v) is 13.8. The van der Waals surface area contributed by atoms with Crippen molar-refractivity contribution in [3.8, 4) is 0 Å². The fourth-order valence-corrected chi connectivity index (χ4v) is 6.94. The summed E-state index contributed by atoms with van der Waals surface area (Å²) in [5.74, 6) is 0.0838. The molecular weight excluding hydrogens is 539 g/mol. The zero-order valence-electron chi connectivity index (χ0n) is 20.5. The molecule has 8 heteroatoms. The lowest BCUT2D eigenvalue weighted by Crippen LogP contribution is -2.44. The second kappa shape index (κ2) is 11.3. The van der Waals surface area contributed by atoms with Crippen LogP contribution in [0.15, 0.2) is 0 Å². The van der Waals surface area contributed by atoms with Gasteiger partial charge in [-0.15, -0.1) is 0 Å². The topological polar surface area (TPSA) is 74.2 Å². The molecule has 0 aromatic heterocycles. The minimum Gasteiger partial charge on any atom is -0.461 e. The maximum atomic E-state index is 11.8. The first kappa shape index (κ1) is 26.9. The minimum absolute atomic E-state index is 0.0624. The van der Waals surface area contributed by atoms with Crippen LogP contribution in [0.25, 0.3) is 0 Å². The Hall–Kier alpha value is 0.257. The number of hydrogen-bond donors (Lipinski definition) is 1. The molecule has 3 aliphatic rings. The Morgan fingerprint density at radius 2 is 1.94 bits per heavy atom. The molecule has 3 fully saturated rings. The first-order chi connectivity index (χ1) is 15.0. The standard InChI is InChI=1S/C24H43IO6Si/c1-24(2,3)32(4,5)29-15-17-16(13-18(25)20-9-8-10-22(27)30-20)19(26)14-21(17)31-23-11-6-7-12-28-23/h16-21,23,26H,6-15H2,1-5H3/t16-,17-,18?,19+,20-,21-,23?/m1/s1. The Bertz CT molecular complexity index is 618. The summed E-state index contributed by atoms with van der Waals surface area (Å²) in [5.41, 5.74) is 0. The Morgan fingerprint density at radius 1 is 1.19 bits per heavy atom. The predicted octanol–water partition coefficient (Wildman–Crippen LogP) is 5.21. The summed E-state index contributed by atoms with van der Waals surface area (Å²) in [6.07, 6.45) is 6.11. The SMILES string of the molecule is CC(C)(C)[Si](C)(C)OC[C@@H]1[C@@H](CC(I)[C@H]2CCCC(=O)O2)[C@@H](O)C[C@H]1OC1CCCCO1. The zero-order valence-corrected chi connectivity index (χ0v) is 23.6. The second-order valence-corrected chi connectivity index (χ2v) is 17.8. The van der Waals surface area contributed by atoms with Gasteiger partial charge < -0.3 is 23.7 Å². The van der Waals surface area contributed by atoms with E-state index in [0.717, 1.165) is 45.1 Å². The highest BCUT2D eigenvalue weighted by atomic mass is 127. The molecule has 2 heterocycles. The molecule has 0 radical (unpaired) electrons. The number of cyclic esters (lactones) is 1. The molecule has 1 aliphatic carbocycles. The molecule has 1 saturated carbocycles. The van der Waals surface area contributed by atoms with Crippen LogP contribution in [0.5, 0.6) is 0 Å². The van der Waals surface area contributed by atoms with Crippen molar-refractivity contribution < 1.29 is 28.5 Å². The van der Waals surface area contributed by atoms with Gasteiger partial charge in [0.15, 0.2) is 14.6 Å². The summed E-state index contributed by atoms with van der Waals surface area (Å²) < 4.78 is 24.7. The van der Waals surface area contributed by atoms with E-state index >= 15 is 0 Å². The van der Waals surface area contributed by atoms with Crippen LogP contribution in [0.4, 0.5) is 0 Å². The first-order valence-electron chi connectivity index (χ1n) is 12.4. The number of aliphatic hydroxyl groups excluding tert-OH is 1. The van der Waals surface area contributed by atoms with Crippen molar-refractivity contribution in [2.45, 2.75) is 119 Å². The normalized spacial score (nSPS) is 35.5. The Balaban J connectivity index is 1.70. The number of rotatable bonds is 8. The highest BCUT2D eigenvalue weighted by Gasteiger charge is 2.47. The Kier molecular flexibility index (Phi) is 9.51. The number of alkyl halides is 1. The number of carbonyl (C=O) groups is 1. The van der Waals surface area contributed by atoms with Gasteiger partial charge in [-0.3, -0.25) is 4.79 Å². The van der Waals surface area contributed by atoms with E-state index in [2.05, 4.69) is 56.5 Å².